The van der Waals surface area contributed by atoms with Crippen LogP contribution < -0.4 is 11.5 Å². The average molecular weight is 182 g/mol. The van der Waals surface area contributed by atoms with E-state index in [4.69, 9.17) is 11.5 Å². The van der Waals surface area contributed by atoms with Gasteiger partial charge in [0.2, 0.25) is 0 Å². The van der Waals surface area contributed by atoms with Crippen LogP contribution in [0.1, 0.15) is 18.5 Å². The second-order valence-electron chi connectivity index (χ2n) is 3.08. The molecule has 0 fully saturated rings. The van der Waals surface area contributed by atoms with Gasteiger partial charge in [-0.05, 0) is 30.7 Å². The summed E-state index contributed by atoms with van der Waals surface area (Å²) in [5.74, 6) is 0.0975. The third-order valence-electron chi connectivity index (χ3n) is 1.95. The lowest BCUT2D eigenvalue weighted by Crippen LogP contribution is -2.24. The van der Waals surface area contributed by atoms with E-state index in [1.54, 1.807) is 13.0 Å². The molecule has 0 spiro atoms. The highest BCUT2D eigenvalue weighted by atomic mass is 16.3. The highest BCUT2D eigenvalue weighted by molar-refractivity contribution is 5.51. The number of anilines is 1. The zero-order chi connectivity index (χ0) is 10.0. The Kier molecular flexibility index (Phi) is 2.75. The molecule has 4 nitrogen and oxygen atoms in total. The Morgan fingerprint density at radius 2 is 2.00 bits per heavy atom. The van der Waals surface area contributed by atoms with Gasteiger partial charge in [0, 0.05) is 5.69 Å². The Bertz CT molecular complexity index is 300. The summed E-state index contributed by atoms with van der Waals surface area (Å²) >= 11 is 0. The number of nitrogens with two attached hydrogens (primary N) is 2. The number of benzene rings is 1. The third-order valence-corrected chi connectivity index (χ3v) is 1.95. The molecule has 0 amide bonds. The first-order chi connectivity index (χ1) is 6.02. The van der Waals surface area contributed by atoms with Crippen molar-refractivity contribution in [2.75, 3.05) is 5.73 Å². The lowest BCUT2D eigenvalue weighted by molar-refractivity contribution is 0.164. The Labute approximate surface area is 76.8 Å². The Balaban J connectivity index is 3.05. The molecule has 0 saturated carbocycles. The predicted molar refractivity (Wildman–Crippen MR) is 51.1 cm³/mol. The van der Waals surface area contributed by atoms with Gasteiger partial charge < -0.3 is 21.7 Å². The molecule has 13 heavy (non-hydrogen) atoms. The SMILES string of the molecule is CC(O)C(N)c1cc(O)ccc1N. The van der Waals surface area contributed by atoms with E-state index in [0.29, 0.717) is 11.3 Å². The van der Waals surface area contributed by atoms with Crippen molar-refractivity contribution in [3.05, 3.63) is 23.8 Å². The van der Waals surface area contributed by atoms with Crippen LogP contribution in [0.5, 0.6) is 5.75 Å². The molecule has 72 valence electrons. The lowest BCUT2D eigenvalue weighted by Gasteiger charge is -2.17. The maximum absolute atomic E-state index is 9.23. The molecule has 4 heteroatoms. The van der Waals surface area contributed by atoms with E-state index in [2.05, 4.69) is 0 Å². The molecule has 0 heterocycles. The molecule has 0 aliphatic rings. The van der Waals surface area contributed by atoms with Crippen LogP contribution in [0.15, 0.2) is 18.2 Å². The van der Waals surface area contributed by atoms with Crippen molar-refractivity contribution in [3.8, 4) is 5.75 Å². The van der Waals surface area contributed by atoms with E-state index in [9.17, 15) is 10.2 Å². The minimum atomic E-state index is -0.691. The van der Waals surface area contributed by atoms with Crippen molar-refractivity contribution in [1.29, 1.82) is 0 Å². The monoisotopic (exact) mass is 182 g/mol. The molecule has 6 N–H and O–H groups in total. The maximum atomic E-state index is 9.23. The number of aromatic hydroxyl groups is 1. The van der Waals surface area contributed by atoms with Gasteiger partial charge in [-0.3, -0.25) is 0 Å². The van der Waals surface area contributed by atoms with Gasteiger partial charge in [-0.1, -0.05) is 0 Å². The van der Waals surface area contributed by atoms with E-state index in [1.807, 2.05) is 0 Å². The molecule has 2 unspecified atom stereocenters. The van der Waals surface area contributed by atoms with Crippen LogP contribution in [0.3, 0.4) is 0 Å². The smallest absolute Gasteiger partial charge is 0.116 e. The van der Waals surface area contributed by atoms with Crippen LogP contribution in [0, 0.1) is 0 Å². The molecule has 2 atom stereocenters. The summed E-state index contributed by atoms with van der Waals surface area (Å²) in [4.78, 5) is 0. The van der Waals surface area contributed by atoms with Crippen molar-refractivity contribution in [2.24, 2.45) is 5.73 Å². The molecule has 0 radical (unpaired) electrons. The molecule has 0 aliphatic heterocycles. The van der Waals surface area contributed by atoms with Gasteiger partial charge in [-0.2, -0.15) is 0 Å². The van der Waals surface area contributed by atoms with Crippen molar-refractivity contribution in [1.82, 2.24) is 0 Å². The zero-order valence-corrected chi connectivity index (χ0v) is 7.44. The number of hydrogen-bond acceptors (Lipinski definition) is 4. The van der Waals surface area contributed by atoms with E-state index >= 15 is 0 Å². The van der Waals surface area contributed by atoms with Crippen LogP contribution in [0.2, 0.25) is 0 Å². The summed E-state index contributed by atoms with van der Waals surface area (Å²) in [6.45, 7) is 1.58. The first-order valence-corrected chi connectivity index (χ1v) is 4.04. The largest absolute Gasteiger partial charge is 0.508 e. The topological polar surface area (TPSA) is 92.5 Å². The van der Waals surface area contributed by atoms with Crippen molar-refractivity contribution in [2.45, 2.75) is 19.1 Å². The normalized spacial score (nSPS) is 15.3. The van der Waals surface area contributed by atoms with E-state index in [1.165, 1.54) is 12.1 Å². The van der Waals surface area contributed by atoms with Crippen LogP contribution in [-0.4, -0.2) is 16.3 Å². The number of aliphatic hydroxyl groups is 1. The summed E-state index contributed by atoms with van der Waals surface area (Å²) in [7, 11) is 0. The highest BCUT2D eigenvalue weighted by Gasteiger charge is 2.15. The van der Waals surface area contributed by atoms with Gasteiger partial charge in [-0.15, -0.1) is 0 Å². The predicted octanol–water partition coefficient (Wildman–Crippen LogP) is 0.355. The van der Waals surface area contributed by atoms with E-state index in [0.717, 1.165) is 0 Å². The first kappa shape index (κ1) is 9.83. The minimum Gasteiger partial charge on any atom is -0.508 e. The van der Waals surface area contributed by atoms with Gasteiger partial charge in [0.05, 0.1) is 12.1 Å². The van der Waals surface area contributed by atoms with Gasteiger partial charge >= 0.3 is 0 Å². The van der Waals surface area contributed by atoms with Crippen molar-refractivity contribution < 1.29 is 10.2 Å². The highest BCUT2D eigenvalue weighted by Crippen LogP contribution is 2.25. The lowest BCUT2D eigenvalue weighted by atomic mass is 10.0. The molecule has 1 aromatic carbocycles. The summed E-state index contributed by atoms with van der Waals surface area (Å²) in [5, 5.41) is 18.4. The number of nitrogen functional groups attached to an aromatic ring is 1. The fourth-order valence-corrected chi connectivity index (χ4v) is 1.11. The summed E-state index contributed by atoms with van der Waals surface area (Å²) in [5.41, 5.74) is 12.3. The average Bonchev–Trinajstić information content (AvgIpc) is 2.08. The van der Waals surface area contributed by atoms with Gasteiger partial charge in [0.15, 0.2) is 0 Å². The molecular formula is C9H14N2O2. The molecule has 0 aromatic heterocycles. The molecular weight excluding hydrogens is 168 g/mol. The van der Waals surface area contributed by atoms with Crippen LogP contribution in [-0.2, 0) is 0 Å². The quantitative estimate of drug-likeness (QED) is 0.392. The van der Waals surface area contributed by atoms with Crippen molar-refractivity contribution in [3.63, 3.8) is 0 Å². The molecule has 0 aliphatic carbocycles. The number of aliphatic hydroxyl groups excluding tert-OH is 1. The molecule has 0 bridgehead atoms. The zero-order valence-electron chi connectivity index (χ0n) is 7.44. The second kappa shape index (κ2) is 3.64. The first-order valence-electron chi connectivity index (χ1n) is 4.04. The van der Waals surface area contributed by atoms with Crippen molar-refractivity contribution >= 4 is 5.69 Å². The van der Waals surface area contributed by atoms with E-state index in [-0.39, 0.29) is 5.75 Å². The Morgan fingerprint density at radius 3 is 2.54 bits per heavy atom. The van der Waals surface area contributed by atoms with Gasteiger partial charge in [-0.25, -0.2) is 0 Å². The number of phenols is 1. The van der Waals surface area contributed by atoms with Gasteiger partial charge in [0.1, 0.15) is 5.75 Å². The minimum absolute atomic E-state index is 0.0975. The third kappa shape index (κ3) is 2.11. The fourth-order valence-electron chi connectivity index (χ4n) is 1.11. The maximum Gasteiger partial charge on any atom is 0.116 e. The number of phenolic OH excluding ortho intramolecular Hbond substituents is 1. The van der Waals surface area contributed by atoms with Crippen LogP contribution >= 0.6 is 0 Å². The molecule has 1 aromatic rings. The summed E-state index contributed by atoms with van der Waals surface area (Å²) < 4.78 is 0. The number of rotatable bonds is 2. The van der Waals surface area contributed by atoms with Gasteiger partial charge in [0.25, 0.3) is 0 Å². The Morgan fingerprint density at radius 1 is 1.38 bits per heavy atom. The Hall–Kier alpha value is -1.26. The standard InChI is InChI=1S/C9H14N2O2/c1-5(12)9(11)7-4-6(13)2-3-8(7)10/h2-5,9,12-13H,10-11H2,1H3. The van der Waals surface area contributed by atoms with Crippen LogP contribution in [0.4, 0.5) is 5.69 Å². The fraction of sp³-hybridized carbons (Fsp3) is 0.333. The molecule has 1 rings (SSSR count). The van der Waals surface area contributed by atoms with Crippen LogP contribution in [0.25, 0.3) is 0 Å². The number of hydrogen-bond donors (Lipinski definition) is 4. The summed E-state index contributed by atoms with van der Waals surface area (Å²) in [6.07, 6.45) is -0.691. The summed E-state index contributed by atoms with van der Waals surface area (Å²) in [6, 6.07) is 3.94. The van der Waals surface area contributed by atoms with E-state index < -0.39 is 12.1 Å². The second-order valence-corrected chi connectivity index (χ2v) is 3.08. The molecule has 0 saturated heterocycles.